The lowest BCUT2D eigenvalue weighted by Gasteiger charge is -2.58. The number of rotatable bonds is 7. The van der Waals surface area contributed by atoms with Gasteiger partial charge in [0.25, 0.3) is 0 Å². The predicted octanol–water partition coefficient (Wildman–Crippen LogP) is 7.03. The molecule has 7 atom stereocenters. The van der Waals surface area contributed by atoms with E-state index in [-0.39, 0.29) is 6.04 Å². The Balaban J connectivity index is 1.44. The highest BCUT2D eigenvalue weighted by Crippen LogP contribution is 2.67. The molecule has 0 spiro atoms. The van der Waals surface area contributed by atoms with Crippen molar-refractivity contribution in [2.75, 3.05) is 6.61 Å². The van der Waals surface area contributed by atoms with Crippen LogP contribution >= 0.6 is 0 Å². The average molecular weight is 427 g/mol. The van der Waals surface area contributed by atoms with Crippen LogP contribution in [-0.4, -0.2) is 18.4 Å². The molecule has 0 aromatic rings. The van der Waals surface area contributed by atoms with Crippen LogP contribution in [0, 0.1) is 34.5 Å². The molecule has 4 rings (SSSR count). The lowest BCUT2D eigenvalue weighted by atomic mass is 9.46. The van der Waals surface area contributed by atoms with Gasteiger partial charge in [0.1, 0.15) is 6.61 Å². The molecule has 0 radical (unpaired) electrons. The van der Waals surface area contributed by atoms with E-state index in [0.717, 1.165) is 24.2 Å². The molecule has 0 bridgehead atoms. The van der Waals surface area contributed by atoms with Crippen molar-refractivity contribution in [3.63, 3.8) is 0 Å². The van der Waals surface area contributed by atoms with E-state index in [1.54, 1.807) is 5.57 Å². The highest BCUT2D eigenvalue weighted by molar-refractivity contribution is 5.85. The molecular formula is C28H46N2O. The number of nitrogens with zero attached hydrogens (tertiary/aromatic N) is 1. The Morgan fingerprint density at radius 3 is 2.77 bits per heavy atom. The molecule has 0 amide bonds. The second-order valence-corrected chi connectivity index (χ2v) is 11.8. The van der Waals surface area contributed by atoms with Gasteiger partial charge in [-0.3, -0.25) is 0 Å². The van der Waals surface area contributed by atoms with E-state index < -0.39 is 0 Å². The van der Waals surface area contributed by atoms with E-state index in [1.165, 1.54) is 75.5 Å². The zero-order valence-corrected chi connectivity index (χ0v) is 20.6. The summed E-state index contributed by atoms with van der Waals surface area (Å²) in [5, 5.41) is 4.60. The van der Waals surface area contributed by atoms with Gasteiger partial charge in [-0.05, 0) is 93.3 Å². The van der Waals surface area contributed by atoms with Gasteiger partial charge in [-0.25, -0.2) is 0 Å². The van der Waals surface area contributed by atoms with Gasteiger partial charge in [-0.2, -0.15) is 0 Å². The first-order valence-electron chi connectivity index (χ1n) is 13.1. The molecule has 3 saturated carbocycles. The number of unbranched alkanes of at least 4 members (excludes halogenated alkanes) is 1. The van der Waals surface area contributed by atoms with Crippen molar-refractivity contribution in [2.45, 2.75) is 104 Å². The van der Waals surface area contributed by atoms with Crippen LogP contribution in [0.25, 0.3) is 0 Å². The molecular weight excluding hydrogens is 380 g/mol. The van der Waals surface area contributed by atoms with Crippen LogP contribution in [-0.2, 0) is 4.84 Å². The summed E-state index contributed by atoms with van der Waals surface area (Å²) < 4.78 is 0. The highest BCUT2D eigenvalue weighted by Gasteiger charge is 2.59. The van der Waals surface area contributed by atoms with Crippen LogP contribution in [0.15, 0.2) is 29.0 Å². The molecule has 3 heteroatoms. The summed E-state index contributed by atoms with van der Waals surface area (Å²) >= 11 is 0. The Kier molecular flexibility index (Phi) is 6.73. The molecule has 7 unspecified atom stereocenters. The molecule has 31 heavy (non-hydrogen) atoms. The quantitative estimate of drug-likeness (QED) is 0.351. The van der Waals surface area contributed by atoms with E-state index in [9.17, 15) is 0 Å². The van der Waals surface area contributed by atoms with Crippen molar-refractivity contribution < 1.29 is 4.84 Å². The maximum absolute atomic E-state index is 6.18. The minimum Gasteiger partial charge on any atom is -0.394 e. The minimum absolute atomic E-state index is 0.107. The standard InChI is InChI=1S/C28H46N2O/c1-6-7-8-22(29)18-31-30-20(3)24-11-12-25-23-10-9-21-17-19(2)13-15-27(21,4)26(23)14-16-28(24,25)5/h17,22-26H,2,6-16,18,29H2,1,3-5H3/b30-20+. The van der Waals surface area contributed by atoms with E-state index in [2.05, 4.69) is 45.5 Å². The van der Waals surface area contributed by atoms with E-state index in [4.69, 9.17) is 10.6 Å². The highest BCUT2D eigenvalue weighted by atomic mass is 16.6. The van der Waals surface area contributed by atoms with Gasteiger partial charge in [-0.1, -0.05) is 62.6 Å². The third-order valence-corrected chi connectivity index (χ3v) is 10.0. The summed E-state index contributed by atoms with van der Waals surface area (Å²) in [6, 6.07) is 0.107. The lowest BCUT2D eigenvalue weighted by molar-refractivity contribution is -0.0421. The van der Waals surface area contributed by atoms with Gasteiger partial charge in [0, 0.05) is 12.0 Å². The first kappa shape index (κ1) is 23.1. The maximum Gasteiger partial charge on any atom is 0.132 e. The topological polar surface area (TPSA) is 47.6 Å². The van der Waals surface area contributed by atoms with Crippen molar-refractivity contribution >= 4 is 5.71 Å². The van der Waals surface area contributed by atoms with Crippen molar-refractivity contribution in [1.82, 2.24) is 0 Å². The van der Waals surface area contributed by atoms with Crippen LogP contribution in [0.5, 0.6) is 0 Å². The molecule has 0 heterocycles. The van der Waals surface area contributed by atoms with Crippen molar-refractivity contribution in [3.8, 4) is 0 Å². The van der Waals surface area contributed by atoms with E-state index in [1.807, 2.05) is 0 Å². The molecule has 0 aromatic heterocycles. The maximum atomic E-state index is 6.18. The average Bonchev–Trinajstić information content (AvgIpc) is 3.10. The summed E-state index contributed by atoms with van der Waals surface area (Å²) in [7, 11) is 0. The van der Waals surface area contributed by atoms with Crippen LogP contribution in [0.2, 0.25) is 0 Å². The van der Waals surface area contributed by atoms with Gasteiger partial charge < -0.3 is 10.6 Å². The number of fused-ring (bicyclic) bond motifs is 5. The Hall–Kier alpha value is -1.09. The minimum atomic E-state index is 0.107. The Morgan fingerprint density at radius 1 is 1.19 bits per heavy atom. The predicted molar refractivity (Wildman–Crippen MR) is 131 cm³/mol. The summed E-state index contributed by atoms with van der Waals surface area (Å²) in [4.78, 5) is 5.74. The smallest absolute Gasteiger partial charge is 0.132 e. The molecule has 0 aromatic carbocycles. The Labute approximate surface area is 190 Å². The lowest BCUT2D eigenvalue weighted by Crippen LogP contribution is -2.50. The monoisotopic (exact) mass is 426 g/mol. The molecule has 4 aliphatic carbocycles. The van der Waals surface area contributed by atoms with Crippen LogP contribution in [0.1, 0.15) is 98.3 Å². The third kappa shape index (κ3) is 4.16. The van der Waals surface area contributed by atoms with E-state index in [0.29, 0.717) is 23.4 Å². The molecule has 174 valence electrons. The fraction of sp³-hybridized carbons (Fsp3) is 0.821. The number of oxime groups is 1. The number of hydrogen-bond donors (Lipinski definition) is 1. The van der Waals surface area contributed by atoms with Crippen LogP contribution < -0.4 is 5.73 Å². The summed E-state index contributed by atoms with van der Waals surface area (Å²) in [6.07, 6.45) is 16.4. The second kappa shape index (κ2) is 9.04. The third-order valence-electron chi connectivity index (χ3n) is 10.0. The summed E-state index contributed by atoms with van der Waals surface area (Å²) in [5.41, 5.74) is 11.3. The van der Waals surface area contributed by atoms with Crippen molar-refractivity contribution in [2.24, 2.45) is 45.4 Å². The molecule has 3 fully saturated rings. The van der Waals surface area contributed by atoms with Gasteiger partial charge in [0.15, 0.2) is 0 Å². The zero-order chi connectivity index (χ0) is 22.2. The fourth-order valence-electron chi connectivity index (χ4n) is 8.18. The normalized spacial score (nSPS) is 41.1. The largest absolute Gasteiger partial charge is 0.394 e. The SMILES string of the molecule is C=C1C=C2CCC3C(CCC4(C)C(/C(C)=N/OCC(N)CCCC)CCC34)C2(C)CC1. The van der Waals surface area contributed by atoms with E-state index >= 15 is 0 Å². The molecule has 2 N–H and O–H groups in total. The number of nitrogens with two attached hydrogens (primary N) is 1. The van der Waals surface area contributed by atoms with Crippen molar-refractivity contribution in [3.05, 3.63) is 23.8 Å². The molecule has 0 aliphatic heterocycles. The first-order valence-corrected chi connectivity index (χ1v) is 13.1. The van der Waals surface area contributed by atoms with Crippen molar-refractivity contribution in [1.29, 1.82) is 0 Å². The van der Waals surface area contributed by atoms with Crippen LogP contribution in [0.4, 0.5) is 0 Å². The summed E-state index contributed by atoms with van der Waals surface area (Å²) in [6.45, 7) is 14.4. The fourth-order valence-corrected chi connectivity index (χ4v) is 8.18. The van der Waals surface area contributed by atoms with Gasteiger partial charge >= 0.3 is 0 Å². The number of allylic oxidation sites excluding steroid dienone is 3. The molecule has 0 saturated heterocycles. The van der Waals surface area contributed by atoms with Gasteiger partial charge in [-0.15, -0.1) is 0 Å². The first-order chi connectivity index (χ1) is 14.8. The summed E-state index contributed by atoms with van der Waals surface area (Å²) in [5.74, 6) is 3.16. The Morgan fingerprint density at radius 2 is 2.00 bits per heavy atom. The number of hydrogen-bond acceptors (Lipinski definition) is 3. The van der Waals surface area contributed by atoms with Gasteiger partial charge in [0.05, 0.1) is 5.71 Å². The van der Waals surface area contributed by atoms with Gasteiger partial charge in [0.2, 0.25) is 0 Å². The molecule has 4 aliphatic rings. The zero-order valence-electron chi connectivity index (χ0n) is 20.6. The molecule has 3 nitrogen and oxygen atoms in total. The Bertz CT molecular complexity index is 739. The van der Waals surface area contributed by atoms with Crippen LogP contribution in [0.3, 0.4) is 0 Å². The second-order valence-electron chi connectivity index (χ2n) is 11.8.